The number of hydrogen-bond donors (Lipinski definition) is 5. The van der Waals surface area contributed by atoms with E-state index < -0.39 is 36.0 Å². The van der Waals surface area contributed by atoms with Crippen molar-refractivity contribution in [3.63, 3.8) is 0 Å². The molecule has 2 fully saturated rings. The zero-order valence-electron chi connectivity index (χ0n) is 18.0. The number of imidazole rings is 1. The highest BCUT2D eigenvalue weighted by molar-refractivity contribution is 5.83. The van der Waals surface area contributed by atoms with Gasteiger partial charge >= 0.3 is 0 Å². The van der Waals surface area contributed by atoms with Gasteiger partial charge in [0, 0.05) is 6.54 Å². The molecular formula is C21H28N6O5. The lowest BCUT2D eigenvalue weighted by Crippen LogP contribution is -2.42. The molecule has 32 heavy (non-hydrogen) atoms. The minimum absolute atomic E-state index is 0.0325. The van der Waals surface area contributed by atoms with Crippen molar-refractivity contribution in [2.24, 2.45) is 5.92 Å². The van der Waals surface area contributed by atoms with Crippen molar-refractivity contribution in [3.8, 4) is 11.8 Å². The highest BCUT2D eigenvalue weighted by Gasteiger charge is 2.47. The smallest absolute Gasteiger partial charge is 0.252 e. The van der Waals surface area contributed by atoms with Gasteiger partial charge < -0.3 is 31.1 Å². The van der Waals surface area contributed by atoms with Crippen LogP contribution in [0.3, 0.4) is 0 Å². The van der Waals surface area contributed by atoms with Crippen molar-refractivity contribution in [2.75, 3.05) is 12.3 Å². The average Bonchev–Trinajstić information content (AvgIpc) is 3.31. The summed E-state index contributed by atoms with van der Waals surface area (Å²) in [5, 5.41) is 34.3. The number of nitrogen functional groups attached to an aromatic ring is 1. The molecule has 4 rings (SSSR count). The Morgan fingerprint density at radius 3 is 2.88 bits per heavy atom. The molecule has 2 aromatic rings. The first kappa shape index (κ1) is 22.4. The SMILES string of the molecule is CCNC(=O)C1OC(n2cnc3c(N)nc(C#CC4(O)CCCCC4C)nc32)C(O)C1O. The van der Waals surface area contributed by atoms with Gasteiger partial charge in [0.25, 0.3) is 5.91 Å². The maximum Gasteiger partial charge on any atom is 0.252 e. The van der Waals surface area contributed by atoms with E-state index in [-0.39, 0.29) is 28.7 Å². The Morgan fingerprint density at radius 1 is 1.38 bits per heavy atom. The lowest BCUT2D eigenvalue weighted by Gasteiger charge is -2.33. The zero-order chi connectivity index (χ0) is 23.0. The Hall–Kier alpha value is -2.78. The Balaban J connectivity index is 1.67. The van der Waals surface area contributed by atoms with Gasteiger partial charge in [0.15, 0.2) is 23.8 Å². The number of carbonyl (C=O) groups is 1. The largest absolute Gasteiger partial charge is 0.387 e. The van der Waals surface area contributed by atoms with Crippen molar-refractivity contribution < 1.29 is 24.9 Å². The molecular weight excluding hydrogens is 416 g/mol. The number of amides is 1. The number of hydrogen-bond acceptors (Lipinski definition) is 9. The molecule has 0 radical (unpaired) electrons. The predicted octanol–water partition coefficient (Wildman–Crippen LogP) is -0.543. The normalized spacial score (nSPS) is 32.5. The fourth-order valence-corrected chi connectivity index (χ4v) is 4.24. The molecule has 1 saturated heterocycles. The molecule has 1 saturated carbocycles. The van der Waals surface area contributed by atoms with Crippen LogP contribution in [0.1, 0.15) is 51.6 Å². The molecule has 0 aromatic carbocycles. The van der Waals surface area contributed by atoms with Crippen molar-refractivity contribution in [1.82, 2.24) is 24.8 Å². The minimum Gasteiger partial charge on any atom is -0.387 e. The third kappa shape index (κ3) is 3.91. The summed E-state index contributed by atoms with van der Waals surface area (Å²) in [4.78, 5) is 24.9. The zero-order valence-corrected chi connectivity index (χ0v) is 18.0. The number of carbonyl (C=O) groups excluding carboxylic acids is 1. The summed E-state index contributed by atoms with van der Waals surface area (Å²) in [6.07, 6.45) is -0.385. The van der Waals surface area contributed by atoms with Gasteiger partial charge in [-0.05, 0) is 38.0 Å². The summed E-state index contributed by atoms with van der Waals surface area (Å²) < 4.78 is 7.04. The molecule has 11 heteroatoms. The molecule has 0 spiro atoms. The molecule has 11 nitrogen and oxygen atoms in total. The van der Waals surface area contributed by atoms with Crippen molar-refractivity contribution in [2.45, 2.75) is 69.7 Å². The predicted molar refractivity (Wildman–Crippen MR) is 114 cm³/mol. The molecule has 2 aliphatic rings. The number of likely N-dealkylation sites (N-methyl/N-ethyl adjacent to an activating group) is 1. The van der Waals surface area contributed by atoms with Gasteiger partial charge in [-0.25, -0.2) is 15.0 Å². The standard InChI is InChI=1S/C21H28N6O5/c1-3-23-19(30)16-14(28)15(29)20(32-16)27-10-24-13-17(22)25-12(26-18(13)27)7-9-21(31)8-5-4-6-11(21)2/h10-11,14-16,20,28-29,31H,3-6,8H2,1-2H3,(H,23,30)(H2,22,25,26). The van der Waals surface area contributed by atoms with E-state index in [1.807, 2.05) is 6.92 Å². The van der Waals surface area contributed by atoms with Gasteiger partial charge in [-0.1, -0.05) is 19.3 Å². The Labute approximate surface area is 185 Å². The Morgan fingerprint density at radius 2 is 2.16 bits per heavy atom. The number of aromatic nitrogens is 4. The van der Waals surface area contributed by atoms with Crippen LogP contribution < -0.4 is 11.1 Å². The second-order valence-corrected chi connectivity index (χ2v) is 8.40. The monoisotopic (exact) mass is 444 g/mol. The maximum atomic E-state index is 12.2. The summed E-state index contributed by atoms with van der Waals surface area (Å²) in [7, 11) is 0. The van der Waals surface area contributed by atoms with Crippen LogP contribution in [-0.2, 0) is 9.53 Å². The number of fused-ring (bicyclic) bond motifs is 1. The van der Waals surface area contributed by atoms with E-state index in [0.717, 1.165) is 19.3 Å². The first-order valence-electron chi connectivity index (χ1n) is 10.8. The van der Waals surface area contributed by atoms with Crippen LogP contribution in [0, 0.1) is 17.8 Å². The third-order valence-corrected chi connectivity index (χ3v) is 6.22. The number of nitrogens with two attached hydrogens (primary N) is 1. The van der Waals surface area contributed by atoms with Crippen LogP contribution in [0.5, 0.6) is 0 Å². The number of rotatable bonds is 3. The van der Waals surface area contributed by atoms with E-state index in [0.29, 0.717) is 13.0 Å². The van der Waals surface area contributed by atoms with Gasteiger partial charge in [-0.3, -0.25) is 9.36 Å². The van der Waals surface area contributed by atoms with E-state index in [2.05, 4.69) is 32.1 Å². The van der Waals surface area contributed by atoms with Crippen molar-refractivity contribution in [3.05, 3.63) is 12.2 Å². The van der Waals surface area contributed by atoms with E-state index in [4.69, 9.17) is 10.5 Å². The lowest BCUT2D eigenvalue weighted by molar-refractivity contribution is -0.137. The van der Waals surface area contributed by atoms with Crippen LogP contribution in [0.15, 0.2) is 6.33 Å². The van der Waals surface area contributed by atoms with E-state index >= 15 is 0 Å². The van der Waals surface area contributed by atoms with Gasteiger partial charge in [-0.15, -0.1) is 0 Å². The summed E-state index contributed by atoms with van der Waals surface area (Å²) in [5.74, 6) is 5.42. The van der Waals surface area contributed by atoms with E-state index in [9.17, 15) is 20.1 Å². The quantitative estimate of drug-likeness (QED) is 0.390. The highest BCUT2D eigenvalue weighted by Crippen LogP contribution is 2.34. The lowest BCUT2D eigenvalue weighted by atomic mass is 9.77. The number of nitrogens with one attached hydrogen (secondary N) is 1. The van der Waals surface area contributed by atoms with Crippen LogP contribution in [-0.4, -0.2) is 71.2 Å². The van der Waals surface area contributed by atoms with Gasteiger partial charge in [-0.2, -0.15) is 0 Å². The summed E-state index contributed by atoms with van der Waals surface area (Å²) in [6, 6.07) is 0. The number of ether oxygens (including phenoxy) is 1. The molecule has 6 atom stereocenters. The first-order chi connectivity index (χ1) is 15.2. The summed E-state index contributed by atoms with van der Waals surface area (Å²) in [6.45, 7) is 4.07. The molecule has 2 aromatic heterocycles. The van der Waals surface area contributed by atoms with Crippen molar-refractivity contribution in [1.29, 1.82) is 0 Å². The third-order valence-electron chi connectivity index (χ3n) is 6.22. The molecule has 172 valence electrons. The van der Waals surface area contributed by atoms with Crippen LogP contribution >= 0.6 is 0 Å². The van der Waals surface area contributed by atoms with Gasteiger partial charge in [0.05, 0.1) is 6.33 Å². The van der Waals surface area contributed by atoms with Gasteiger partial charge in [0.1, 0.15) is 23.3 Å². The Bertz CT molecular complexity index is 1080. The first-order valence-corrected chi connectivity index (χ1v) is 10.8. The van der Waals surface area contributed by atoms with Crippen LogP contribution in [0.4, 0.5) is 5.82 Å². The molecule has 1 amide bonds. The molecule has 1 aliphatic heterocycles. The van der Waals surface area contributed by atoms with Gasteiger partial charge in [0.2, 0.25) is 5.82 Å². The number of nitrogens with zero attached hydrogens (tertiary/aromatic N) is 4. The fraction of sp³-hybridized carbons (Fsp3) is 0.619. The van der Waals surface area contributed by atoms with Crippen LogP contribution in [0.25, 0.3) is 11.2 Å². The van der Waals surface area contributed by atoms with Crippen LogP contribution in [0.2, 0.25) is 0 Å². The summed E-state index contributed by atoms with van der Waals surface area (Å²) >= 11 is 0. The Kier molecular flexibility index (Phi) is 6.05. The van der Waals surface area contributed by atoms with E-state index in [1.54, 1.807) is 6.92 Å². The second-order valence-electron chi connectivity index (χ2n) is 8.40. The second kappa shape index (κ2) is 8.63. The molecule has 1 aliphatic carbocycles. The summed E-state index contributed by atoms with van der Waals surface area (Å²) in [5.41, 5.74) is 5.44. The molecule has 6 unspecified atom stereocenters. The maximum absolute atomic E-state index is 12.2. The van der Waals surface area contributed by atoms with E-state index in [1.165, 1.54) is 10.9 Å². The van der Waals surface area contributed by atoms with Crippen molar-refractivity contribution >= 4 is 22.9 Å². The number of anilines is 1. The topological polar surface area (TPSA) is 169 Å². The number of aliphatic hydroxyl groups excluding tert-OH is 2. The molecule has 0 bridgehead atoms. The minimum atomic E-state index is -1.43. The fourth-order valence-electron chi connectivity index (χ4n) is 4.24. The number of aliphatic hydroxyl groups is 3. The molecule has 6 N–H and O–H groups in total. The highest BCUT2D eigenvalue weighted by atomic mass is 16.6. The average molecular weight is 444 g/mol. The molecule has 3 heterocycles.